The van der Waals surface area contributed by atoms with Gasteiger partial charge in [-0.05, 0) is 59.9 Å². The van der Waals surface area contributed by atoms with Gasteiger partial charge in [0.25, 0.3) is 0 Å². The number of alkyl carbamates (subject to hydrolysis) is 1. The molecule has 0 unspecified atom stereocenters. The molecule has 1 saturated carbocycles. The maximum Gasteiger partial charge on any atom is 0.407 e. The molecule has 106 valence electrons. The van der Waals surface area contributed by atoms with Crippen LogP contribution in [0.5, 0.6) is 0 Å². The highest BCUT2D eigenvalue weighted by molar-refractivity contribution is 5.68. The first kappa shape index (κ1) is 15.3. The molecule has 0 heterocycles. The largest absolute Gasteiger partial charge is 0.444 e. The molecule has 1 rings (SSSR count). The minimum atomic E-state index is -0.427. The Hall–Kier alpha value is -0.770. The fourth-order valence-electron chi connectivity index (χ4n) is 2.67. The Morgan fingerprint density at radius 3 is 2.67 bits per heavy atom. The van der Waals surface area contributed by atoms with Crippen LogP contribution in [0.25, 0.3) is 0 Å². The topological polar surface area (TPSA) is 50.4 Å². The van der Waals surface area contributed by atoms with Gasteiger partial charge in [0.2, 0.25) is 0 Å². The van der Waals surface area contributed by atoms with Gasteiger partial charge >= 0.3 is 6.09 Å². The van der Waals surface area contributed by atoms with Gasteiger partial charge in [-0.1, -0.05) is 6.92 Å². The summed E-state index contributed by atoms with van der Waals surface area (Å²) in [6.45, 7) is 11.0. The highest BCUT2D eigenvalue weighted by atomic mass is 16.6. The number of nitrogens with one attached hydrogen (secondary N) is 2. The van der Waals surface area contributed by atoms with Gasteiger partial charge in [0.15, 0.2) is 0 Å². The van der Waals surface area contributed by atoms with E-state index in [1.807, 2.05) is 20.8 Å². The second-order valence-electron chi connectivity index (χ2n) is 6.53. The number of carbonyl (C=O) groups excluding carboxylic acids is 1. The first-order chi connectivity index (χ1) is 8.24. The quantitative estimate of drug-likeness (QED) is 0.816. The normalized spacial score (nSPS) is 28.8. The SMILES string of the molecule is CCN[C@@]1(C)CCC[C@@H](NC(=O)OC(C)(C)C)C1. The van der Waals surface area contributed by atoms with Crippen molar-refractivity contribution < 1.29 is 9.53 Å². The molecule has 4 nitrogen and oxygen atoms in total. The lowest BCUT2D eigenvalue weighted by molar-refractivity contribution is 0.0477. The fraction of sp³-hybridized carbons (Fsp3) is 0.929. The number of ether oxygens (including phenoxy) is 1. The molecule has 18 heavy (non-hydrogen) atoms. The van der Waals surface area contributed by atoms with E-state index in [-0.39, 0.29) is 17.7 Å². The van der Waals surface area contributed by atoms with E-state index in [0.717, 1.165) is 25.8 Å². The lowest BCUT2D eigenvalue weighted by atomic mass is 9.80. The number of hydrogen-bond acceptors (Lipinski definition) is 3. The van der Waals surface area contributed by atoms with Crippen molar-refractivity contribution in [1.82, 2.24) is 10.6 Å². The van der Waals surface area contributed by atoms with Crippen molar-refractivity contribution in [1.29, 1.82) is 0 Å². The molecule has 0 saturated heterocycles. The Kier molecular flexibility index (Phi) is 5.02. The average molecular weight is 256 g/mol. The average Bonchev–Trinajstić information content (AvgIpc) is 2.13. The zero-order valence-corrected chi connectivity index (χ0v) is 12.4. The van der Waals surface area contributed by atoms with Crippen LogP contribution in [-0.4, -0.2) is 29.8 Å². The summed E-state index contributed by atoms with van der Waals surface area (Å²) in [5.74, 6) is 0. The van der Waals surface area contributed by atoms with Crippen molar-refractivity contribution in [2.45, 2.75) is 77.5 Å². The Bertz CT molecular complexity index is 282. The van der Waals surface area contributed by atoms with Crippen LogP contribution in [0, 0.1) is 0 Å². The second-order valence-corrected chi connectivity index (χ2v) is 6.53. The summed E-state index contributed by atoms with van der Waals surface area (Å²) in [6.07, 6.45) is 4.03. The first-order valence-electron chi connectivity index (χ1n) is 6.99. The first-order valence-corrected chi connectivity index (χ1v) is 6.99. The van der Waals surface area contributed by atoms with Crippen LogP contribution in [0.2, 0.25) is 0 Å². The summed E-state index contributed by atoms with van der Waals surface area (Å²) in [5, 5.41) is 6.51. The molecule has 1 fully saturated rings. The lowest BCUT2D eigenvalue weighted by Crippen LogP contribution is -2.52. The van der Waals surface area contributed by atoms with Gasteiger partial charge in [-0.2, -0.15) is 0 Å². The molecule has 0 bridgehead atoms. The maximum absolute atomic E-state index is 11.7. The van der Waals surface area contributed by atoms with Crippen LogP contribution in [0.3, 0.4) is 0 Å². The molecule has 4 heteroatoms. The van der Waals surface area contributed by atoms with E-state index in [9.17, 15) is 4.79 Å². The van der Waals surface area contributed by atoms with Crippen LogP contribution in [-0.2, 0) is 4.74 Å². The molecule has 0 aromatic rings. The van der Waals surface area contributed by atoms with Crippen LogP contribution in [0.15, 0.2) is 0 Å². The van der Waals surface area contributed by atoms with Crippen LogP contribution >= 0.6 is 0 Å². The van der Waals surface area contributed by atoms with E-state index >= 15 is 0 Å². The molecular formula is C14H28N2O2. The van der Waals surface area contributed by atoms with Crippen molar-refractivity contribution in [3.05, 3.63) is 0 Å². The van der Waals surface area contributed by atoms with Crippen LogP contribution < -0.4 is 10.6 Å². The molecule has 0 aliphatic heterocycles. The second kappa shape index (κ2) is 5.91. The molecule has 1 aliphatic rings. The maximum atomic E-state index is 11.7. The van der Waals surface area contributed by atoms with Crippen molar-refractivity contribution in [2.75, 3.05) is 6.54 Å². The van der Waals surface area contributed by atoms with Gasteiger partial charge in [0, 0.05) is 11.6 Å². The van der Waals surface area contributed by atoms with Crippen molar-refractivity contribution in [3.8, 4) is 0 Å². The predicted molar refractivity (Wildman–Crippen MR) is 73.7 cm³/mol. The summed E-state index contributed by atoms with van der Waals surface area (Å²) < 4.78 is 5.30. The number of carbonyl (C=O) groups is 1. The van der Waals surface area contributed by atoms with E-state index in [1.165, 1.54) is 6.42 Å². The van der Waals surface area contributed by atoms with Crippen molar-refractivity contribution in [3.63, 3.8) is 0 Å². The van der Waals surface area contributed by atoms with Gasteiger partial charge in [0.1, 0.15) is 5.60 Å². The number of rotatable bonds is 3. The molecule has 2 N–H and O–H groups in total. The molecule has 0 aromatic heterocycles. The molecule has 0 aromatic carbocycles. The van der Waals surface area contributed by atoms with Gasteiger partial charge < -0.3 is 15.4 Å². The highest BCUT2D eigenvalue weighted by Crippen LogP contribution is 2.28. The van der Waals surface area contributed by atoms with E-state index in [2.05, 4.69) is 24.5 Å². The highest BCUT2D eigenvalue weighted by Gasteiger charge is 2.32. The summed E-state index contributed by atoms with van der Waals surface area (Å²) >= 11 is 0. The third-order valence-electron chi connectivity index (χ3n) is 3.30. The van der Waals surface area contributed by atoms with Gasteiger partial charge in [0.05, 0.1) is 0 Å². The smallest absolute Gasteiger partial charge is 0.407 e. The minimum absolute atomic E-state index is 0.146. The van der Waals surface area contributed by atoms with Gasteiger partial charge in [-0.15, -0.1) is 0 Å². The third kappa shape index (κ3) is 5.25. The van der Waals surface area contributed by atoms with Gasteiger partial charge in [-0.3, -0.25) is 0 Å². The predicted octanol–water partition coefficient (Wildman–Crippen LogP) is 2.82. The Morgan fingerprint density at radius 2 is 2.11 bits per heavy atom. The summed E-state index contributed by atoms with van der Waals surface area (Å²) in [4.78, 5) is 11.7. The zero-order chi connectivity index (χ0) is 13.8. The minimum Gasteiger partial charge on any atom is -0.444 e. The van der Waals surface area contributed by atoms with Gasteiger partial charge in [-0.25, -0.2) is 4.79 Å². The van der Waals surface area contributed by atoms with Crippen LogP contribution in [0.1, 0.15) is 60.3 Å². The van der Waals surface area contributed by atoms with E-state index in [1.54, 1.807) is 0 Å². The molecular weight excluding hydrogens is 228 g/mol. The molecule has 0 radical (unpaired) electrons. The van der Waals surface area contributed by atoms with E-state index in [4.69, 9.17) is 4.74 Å². The Labute approximate surface area is 111 Å². The molecule has 1 aliphatic carbocycles. The number of amides is 1. The monoisotopic (exact) mass is 256 g/mol. The van der Waals surface area contributed by atoms with E-state index in [0.29, 0.717) is 0 Å². The molecule has 0 spiro atoms. The lowest BCUT2D eigenvalue weighted by Gasteiger charge is -2.39. The summed E-state index contributed by atoms with van der Waals surface area (Å²) in [6, 6.07) is 0.220. The third-order valence-corrected chi connectivity index (χ3v) is 3.30. The molecule has 1 amide bonds. The van der Waals surface area contributed by atoms with Crippen molar-refractivity contribution >= 4 is 6.09 Å². The summed E-state index contributed by atoms with van der Waals surface area (Å²) in [5.41, 5.74) is -0.281. The zero-order valence-electron chi connectivity index (χ0n) is 12.4. The number of hydrogen-bond donors (Lipinski definition) is 2. The van der Waals surface area contributed by atoms with Crippen molar-refractivity contribution in [2.24, 2.45) is 0 Å². The Balaban J connectivity index is 2.45. The Morgan fingerprint density at radius 1 is 1.44 bits per heavy atom. The van der Waals surface area contributed by atoms with Crippen LogP contribution in [0.4, 0.5) is 4.79 Å². The standard InChI is InChI=1S/C14H28N2O2/c1-6-15-14(5)9-7-8-11(10-14)16-12(17)18-13(2,3)4/h11,15H,6-10H2,1-5H3,(H,16,17)/t11-,14+/m1/s1. The van der Waals surface area contributed by atoms with E-state index < -0.39 is 5.60 Å². The summed E-state index contributed by atoms with van der Waals surface area (Å²) in [7, 11) is 0. The fourth-order valence-corrected chi connectivity index (χ4v) is 2.67. The molecule has 2 atom stereocenters.